The van der Waals surface area contributed by atoms with Gasteiger partial charge in [0.15, 0.2) is 0 Å². The molecule has 0 aliphatic carbocycles. The zero-order valence-electron chi connectivity index (χ0n) is 9.32. The standard InChI is InChI=1S/C13H12Cl2N2/c1-9(10-4-3-7-16-8-10)17-12-6-2-5-11(14)13(12)15/h2-9,17H,1H3. The van der Waals surface area contributed by atoms with Crippen molar-refractivity contribution in [3.8, 4) is 0 Å². The van der Waals surface area contributed by atoms with Crippen molar-refractivity contribution >= 4 is 28.9 Å². The molecule has 17 heavy (non-hydrogen) atoms. The number of nitrogens with one attached hydrogen (secondary N) is 1. The molecule has 0 spiro atoms. The first-order chi connectivity index (χ1) is 8.18. The first-order valence-electron chi connectivity index (χ1n) is 5.29. The fraction of sp³-hybridized carbons (Fsp3) is 0.154. The summed E-state index contributed by atoms with van der Waals surface area (Å²) in [4.78, 5) is 4.09. The van der Waals surface area contributed by atoms with Crippen LogP contribution in [0.3, 0.4) is 0 Å². The van der Waals surface area contributed by atoms with Crippen LogP contribution in [-0.4, -0.2) is 4.98 Å². The Hall–Kier alpha value is -1.25. The Morgan fingerprint density at radius 2 is 2.00 bits per heavy atom. The predicted octanol–water partition coefficient (Wildman–Crippen LogP) is 4.56. The molecule has 1 N–H and O–H groups in total. The molecular formula is C13H12Cl2N2. The number of pyridine rings is 1. The molecule has 1 aromatic carbocycles. The van der Waals surface area contributed by atoms with E-state index in [2.05, 4.69) is 10.3 Å². The van der Waals surface area contributed by atoms with Crippen LogP contribution in [-0.2, 0) is 0 Å². The highest BCUT2D eigenvalue weighted by molar-refractivity contribution is 6.43. The zero-order valence-corrected chi connectivity index (χ0v) is 10.8. The Bertz CT molecular complexity index is 500. The Morgan fingerprint density at radius 3 is 2.71 bits per heavy atom. The van der Waals surface area contributed by atoms with Crippen LogP contribution in [0.2, 0.25) is 10.0 Å². The number of anilines is 1. The van der Waals surface area contributed by atoms with Crippen LogP contribution in [0.25, 0.3) is 0 Å². The minimum absolute atomic E-state index is 0.125. The van der Waals surface area contributed by atoms with Crippen LogP contribution in [0.1, 0.15) is 18.5 Å². The maximum atomic E-state index is 6.11. The van der Waals surface area contributed by atoms with Crippen LogP contribution < -0.4 is 5.32 Å². The van der Waals surface area contributed by atoms with Gasteiger partial charge in [0.25, 0.3) is 0 Å². The number of hydrogen-bond donors (Lipinski definition) is 1. The normalized spacial score (nSPS) is 12.2. The van der Waals surface area contributed by atoms with Gasteiger partial charge in [0.1, 0.15) is 0 Å². The Balaban J connectivity index is 2.19. The van der Waals surface area contributed by atoms with E-state index < -0.39 is 0 Å². The van der Waals surface area contributed by atoms with Crippen molar-refractivity contribution in [3.63, 3.8) is 0 Å². The number of hydrogen-bond acceptors (Lipinski definition) is 2. The lowest BCUT2D eigenvalue weighted by atomic mass is 10.1. The number of aromatic nitrogens is 1. The third-order valence-corrected chi connectivity index (χ3v) is 3.33. The van der Waals surface area contributed by atoms with Crippen molar-refractivity contribution in [2.75, 3.05) is 5.32 Å². The molecule has 1 aromatic heterocycles. The van der Waals surface area contributed by atoms with E-state index in [0.717, 1.165) is 11.3 Å². The molecule has 2 nitrogen and oxygen atoms in total. The summed E-state index contributed by atoms with van der Waals surface area (Å²) >= 11 is 12.1. The van der Waals surface area contributed by atoms with Crippen LogP contribution in [0, 0.1) is 0 Å². The lowest BCUT2D eigenvalue weighted by Crippen LogP contribution is -2.07. The third-order valence-electron chi connectivity index (χ3n) is 2.51. The van der Waals surface area contributed by atoms with Gasteiger partial charge in [-0.3, -0.25) is 4.98 Å². The summed E-state index contributed by atoms with van der Waals surface area (Å²) in [6.07, 6.45) is 3.58. The molecule has 2 aromatic rings. The lowest BCUT2D eigenvalue weighted by Gasteiger charge is -2.16. The monoisotopic (exact) mass is 266 g/mol. The van der Waals surface area contributed by atoms with Gasteiger partial charge >= 0.3 is 0 Å². The van der Waals surface area contributed by atoms with E-state index in [1.54, 1.807) is 12.3 Å². The van der Waals surface area contributed by atoms with Crippen molar-refractivity contribution in [1.29, 1.82) is 0 Å². The van der Waals surface area contributed by atoms with Gasteiger partial charge in [0.2, 0.25) is 0 Å². The molecule has 0 bridgehead atoms. The van der Waals surface area contributed by atoms with Gasteiger partial charge < -0.3 is 5.32 Å². The first kappa shape index (κ1) is 12.2. The van der Waals surface area contributed by atoms with Gasteiger partial charge in [-0.1, -0.05) is 35.3 Å². The first-order valence-corrected chi connectivity index (χ1v) is 6.04. The Morgan fingerprint density at radius 1 is 1.18 bits per heavy atom. The van der Waals surface area contributed by atoms with Gasteiger partial charge in [-0.05, 0) is 30.7 Å². The summed E-state index contributed by atoms with van der Waals surface area (Å²) in [6.45, 7) is 2.05. The second-order valence-electron chi connectivity index (χ2n) is 3.75. The van der Waals surface area contributed by atoms with Gasteiger partial charge in [-0.2, -0.15) is 0 Å². The molecular weight excluding hydrogens is 255 g/mol. The fourth-order valence-corrected chi connectivity index (χ4v) is 1.92. The summed E-state index contributed by atoms with van der Waals surface area (Å²) in [6, 6.07) is 9.59. The van der Waals surface area contributed by atoms with Crippen LogP contribution in [0.5, 0.6) is 0 Å². The van der Waals surface area contributed by atoms with Crippen molar-refractivity contribution < 1.29 is 0 Å². The number of nitrogens with zero attached hydrogens (tertiary/aromatic N) is 1. The second kappa shape index (κ2) is 5.39. The van der Waals surface area contributed by atoms with Crippen molar-refractivity contribution in [2.45, 2.75) is 13.0 Å². The van der Waals surface area contributed by atoms with Gasteiger partial charge in [-0.15, -0.1) is 0 Å². The van der Waals surface area contributed by atoms with Gasteiger partial charge in [-0.25, -0.2) is 0 Å². The molecule has 0 fully saturated rings. The Kier molecular flexibility index (Phi) is 3.87. The second-order valence-corrected chi connectivity index (χ2v) is 4.54. The smallest absolute Gasteiger partial charge is 0.0823 e. The predicted molar refractivity (Wildman–Crippen MR) is 72.7 cm³/mol. The number of rotatable bonds is 3. The quantitative estimate of drug-likeness (QED) is 0.881. The molecule has 0 radical (unpaired) electrons. The van der Waals surface area contributed by atoms with E-state index in [1.165, 1.54) is 0 Å². The van der Waals surface area contributed by atoms with E-state index in [4.69, 9.17) is 23.2 Å². The minimum Gasteiger partial charge on any atom is -0.377 e. The minimum atomic E-state index is 0.125. The van der Waals surface area contributed by atoms with E-state index in [1.807, 2.05) is 37.4 Å². The third kappa shape index (κ3) is 2.90. The molecule has 1 unspecified atom stereocenters. The molecule has 2 rings (SSSR count). The maximum Gasteiger partial charge on any atom is 0.0823 e. The van der Waals surface area contributed by atoms with E-state index in [0.29, 0.717) is 10.0 Å². The summed E-state index contributed by atoms with van der Waals surface area (Å²) in [5.41, 5.74) is 1.93. The molecule has 1 atom stereocenters. The van der Waals surface area contributed by atoms with Gasteiger partial charge in [0.05, 0.1) is 21.8 Å². The van der Waals surface area contributed by atoms with Crippen molar-refractivity contribution in [3.05, 3.63) is 58.3 Å². The molecule has 0 aliphatic heterocycles. The molecule has 0 saturated carbocycles. The highest BCUT2D eigenvalue weighted by Gasteiger charge is 2.09. The highest BCUT2D eigenvalue weighted by Crippen LogP contribution is 2.31. The molecule has 1 heterocycles. The molecule has 4 heteroatoms. The highest BCUT2D eigenvalue weighted by atomic mass is 35.5. The average Bonchev–Trinajstić information content (AvgIpc) is 2.36. The molecule has 88 valence electrons. The van der Waals surface area contributed by atoms with Crippen molar-refractivity contribution in [2.24, 2.45) is 0 Å². The van der Waals surface area contributed by atoms with Crippen molar-refractivity contribution in [1.82, 2.24) is 4.98 Å². The zero-order chi connectivity index (χ0) is 12.3. The average molecular weight is 267 g/mol. The summed E-state index contributed by atoms with van der Waals surface area (Å²) < 4.78 is 0. The molecule has 0 saturated heterocycles. The van der Waals surface area contributed by atoms with E-state index in [9.17, 15) is 0 Å². The summed E-state index contributed by atoms with van der Waals surface area (Å²) in [7, 11) is 0. The van der Waals surface area contributed by atoms with Crippen LogP contribution in [0.15, 0.2) is 42.7 Å². The topological polar surface area (TPSA) is 24.9 Å². The SMILES string of the molecule is CC(Nc1cccc(Cl)c1Cl)c1cccnc1. The lowest BCUT2D eigenvalue weighted by molar-refractivity contribution is 0.876. The molecule has 0 amide bonds. The summed E-state index contributed by atoms with van der Waals surface area (Å²) in [5.74, 6) is 0. The number of benzene rings is 1. The van der Waals surface area contributed by atoms with E-state index in [-0.39, 0.29) is 6.04 Å². The fourth-order valence-electron chi connectivity index (χ4n) is 1.56. The van der Waals surface area contributed by atoms with Crippen LogP contribution >= 0.6 is 23.2 Å². The van der Waals surface area contributed by atoms with Gasteiger partial charge in [0, 0.05) is 12.4 Å². The largest absolute Gasteiger partial charge is 0.377 e. The Labute approximate surface area is 111 Å². The van der Waals surface area contributed by atoms with Crippen LogP contribution in [0.4, 0.5) is 5.69 Å². The maximum absolute atomic E-state index is 6.11. The molecule has 0 aliphatic rings. The number of halogens is 2. The van der Waals surface area contributed by atoms with E-state index >= 15 is 0 Å². The summed E-state index contributed by atoms with van der Waals surface area (Å²) in [5, 5.41) is 4.41.